The molecule has 1 aliphatic rings. The Hall–Kier alpha value is -3.82. The van der Waals surface area contributed by atoms with Crippen molar-refractivity contribution in [3.8, 4) is 11.5 Å². The van der Waals surface area contributed by atoms with E-state index in [0.717, 1.165) is 28.6 Å². The number of fused-ring (bicyclic) bond motifs is 1. The third-order valence-corrected chi connectivity index (χ3v) is 10.3. The van der Waals surface area contributed by atoms with Crippen LogP contribution in [-0.2, 0) is 37.4 Å². The third kappa shape index (κ3) is 5.89. The summed E-state index contributed by atoms with van der Waals surface area (Å²) in [6.07, 6.45) is -4.47. The Kier molecular flexibility index (Phi) is 8.49. The number of methoxy groups -OCH3 is 2. The van der Waals surface area contributed by atoms with Gasteiger partial charge in [-0.2, -0.15) is 13.2 Å². The van der Waals surface area contributed by atoms with Gasteiger partial charge in [-0.1, -0.05) is 6.07 Å². The van der Waals surface area contributed by atoms with E-state index in [0.29, 0.717) is 28.0 Å². The smallest absolute Gasteiger partial charge is 0.416 e. The van der Waals surface area contributed by atoms with Crippen LogP contribution in [0.3, 0.4) is 0 Å². The van der Waals surface area contributed by atoms with Gasteiger partial charge in [0, 0.05) is 32.4 Å². The molecule has 0 atom stereocenters. The molecule has 10 nitrogen and oxygen atoms in total. The molecular formula is C27H28F3N3O7S2. The van der Waals surface area contributed by atoms with Crippen LogP contribution in [0, 0.1) is 0 Å². The first-order valence-electron chi connectivity index (χ1n) is 12.4. The standard InChI is InChI=1S/C27H28F3N3O7S2/c1-31(2)41(35,36)21-8-10-23-18(14-21)12-13-32(23)26(34)17-33(20-7-5-6-19(15-20)27(28,29)30)42(37,38)22-9-11-24(39-3)25(16-22)40-4/h5-11,14-16H,12-13,17H2,1-4H3. The number of hydrogen-bond donors (Lipinski definition) is 0. The van der Waals surface area contributed by atoms with E-state index in [9.17, 15) is 34.8 Å². The monoisotopic (exact) mass is 627 g/mol. The van der Waals surface area contributed by atoms with Crippen LogP contribution in [0.25, 0.3) is 0 Å². The van der Waals surface area contributed by atoms with Crippen LogP contribution in [0.1, 0.15) is 11.1 Å². The third-order valence-electron chi connectivity index (χ3n) is 6.71. The van der Waals surface area contributed by atoms with Crippen LogP contribution >= 0.6 is 0 Å². The van der Waals surface area contributed by atoms with Gasteiger partial charge in [0.15, 0.2) is 11.5 Å². The van der Waals surface area contributed by atoms with Crippen molar-refractivity contribution < 1.29 is 44.3 Å². The molecule has 0 saturated carbocycles. The highest BCUT2D eigenvalue weighted by atomic mass is 32.2. The van der Waals surface area contributed by atoms with Crippen LogP contribution in [0.5, 0.6) is 11.5 Å². The molecular weight excluding hydrogens is 599 g/mol. The van der Waals surface area contributed by atoms with Gasteiger partial charge >= 0.3 is 6.18 Å². The Morgan fingerprint density at radius 3 is 2.14 bits per heavy atom. The highest BCUT2D eigenvalue weighted by Gasteiger charge is 2.35. The minimum atomic E-state index is -4.77. The molecule has 3 aromatic rings. The van der Waals surface area contributed by atoms with Gasteiger partial charge in [0.05, 0.1) is 35.3 Å². The first kappa shape index (κ1) is 31.1. The molecule has 0 unspecified atom stereocenters. The number of ether oxygens (including phenoxy) is 2. The second kappa shape index (κ2) is 11.5. The van der Waals surface area contributed by atoms with E-state index in [1.807, 2.05) is 0 Å². The first-order valence-corrected chi connectivity index (χ1v) is 15.3. The molecule has 15 heteroatoms. The second-order valence-corrected chi connectivity index (χ2v) is 13.5. The van der Waals surface area contributed by atoms with E-state index in [1.54, 1.807) is 0 Å². The highest BCUT2D eigenvalue weighted by Crippen LogP contribution is 2.36. The Labute approximate surface area is 242 Å². The Bertz CT molecular complexity index is 1730. The maximum absolute atomic E-state index is 13.9. The molecule has 0 aromatic heterocycles. The molecule has 0 bridgehead atoms. The number of anilines is 2. The van der Waals surface area contributed by atoms with Crippen LogP contribution in [0.2, 0.25) is 0 Å². The van der Waals surface area contributed by atoms with Gasteiger partial charge in [-0.25, -0.2) is 21.1 Å². The average Bonchev–Trinajstić information content (AvgIpc) is 3.38. The van der Waals surface area contributed by atoms with E-state index in [1.165, 1.54) is 63.5 Å². The Morgan fingerprint density at radius 2 is 1.52 bits per heavy atom. The lowest BCUT2D eigenvalue weighted by molar-refractivity contribution is -0.137. The van der Waals surface area contributed by atoms with E-state index < -0.39 is 44.2 Å². The molecule has 4 rings (SSSR count). The Balaban J connectivity index is 1.76. The van der Waals surface area contributed by atoms with Crippen molar-refractivity contribution in [3.63, 3.8) is 0 Å². The fraction of sp³-hybridized carbons (Fsp3) is 0.296. The quantitative estimate of drug-likeness (QED) is 0.355. The summed E-state index contributed by atoms with van der Waals surface area (Å²) in [4.78, 5) is 14.6. The zero-order valence-corrected chi connectivity index (χ0v) is 24.7. The maximum atomic E-state index is 13.9. The van der Waals surface area contributed by atoms with Crippen molar-refractivity contribution in [2.75, 3.05) is 50.6 Å². The van der Waals surface area contributed by atoms with Gasteiger partial charge in [0.2, 0.25) is 15.9 Å². The average molecular weight is 628 g/mol. The zero-order valence-electron chi connectivity index (χ0n) is 23.0. The van der Waals surface area contributed by atoms with E-state index in [4.69, 9.17) is 9.47 Å². The number of halogens is 3. The molecule has 1 aliphatic heterocycles. The molecule has 0 fully saturated rings. The van der Waals surface area contributed by atoms with Crippen molar-refractivity contribution in [1.82, 2.24) is 4.31 Å². The van der Waals surface area contributed by atoms with Gasteiger partial charge in [0.1, 0.15) is 6.54 Å². The SMILES string of the molecule is COc1ccc(S(=O)(=O)N(CC(=O)N2CCc3cc(S(=O)(=O)N(C)C)ccc32)c2cccc(C(F)(F)F)c2)cc1OC. The summed E-state index contributed by atoms with van der Waals surface area (Å²) < 4.78 is 106. The lowest BCUT2D eigenvalue weighted by Crippen LogP contribution is -2.42. The molecule has 0 aliphatic carbocycles. The van der Waals surface area contributed by atoms with E-state index in [2.05, 4.69) is 0 Å². The predicted molar refractivity (Wildman–Crippen MR) is 149 cm³/mol. The number of amides is 1. The van der Waals surface area contributed by atoms with Crippen LogP contribution in [-0.4, -0.2) is 68.5 Å². The summed E-state index contributed by atoms with van der Waals surface area (Å²) >= 11 is 0. The van der Waals surface area contributed by atoms with Crippen LogP contribution < -0.4 is 18.7 Å². The highest BCUT2D eigenvalue weighted by molar-refractivity contribution is 7.92. The lowest BCUT2D eigenvalue weighted by atomic mass is 10.2. The van der Waals surface area contributed by atoms with Gasteiger partial charge in [-0.05, 0) is 60.5 Å². The van der Waals surface area contributed by atoms with Crippen molar-refractivity contribution in [2.24, 2.45) is 0 Å². The van der Waals surface area contributed by atoms with Gasteiger partial charge in [0.25, 0.3) is 10.0 Å². The van der Waals surface area contributed by atoms with Crippen LogP contribution in [0.15, 0.2) is 70.5 Å². The van der Waals surface area contributed by atoms with Gasteiger partial charge < -0.3 is 14.4 Å². The second-order valence-electron chi connectivity index (χ2n) is 9.45. The number of hydrogen-bond acceptors (Lipinski definition) is 7. The van der Waals surface area contributed by atoms with Crippen molar-refractivity contribution in [1.29, 1.82) is 0 Å². The molecule has 0 radical (unpaired) electrons. The zero-order chi connectivity index (χ0) is 31.0. The summed E-state index contributed by atoms with van der Waals surface area (Å²) in [5.41, 5.74) is -0.536. The number of alkyl halides is 3. The van der Waals surface area contributed by atoms with E-state index >= 15 is 0 Å². The predicted octanol–water partition coefficient (Wildman–Crippen LogP) is 3.76. The summed E-state index contributed by atoms with van der Waals surface area (Å²) in [6, 6.07) is 11.6. The summed E-state index contributed by atoms with van der Waals surface area (Å²) in [5, 5.41) is 0. The maximum Gasteiger partial charge on any atom is 0.416 e. The number of sulfonamides is 2. The number of rotatable bonds is 9. The van der Waals surface area contributed by atoms with Crippen molar-refractivity contribution in [3.05, 3.63) is 71.8 Å². The molecule has 0 spiro atoms. The molecule has 226 valence electrons. The van der Waals surface area contributed by atoms with Crippen LogP contribution in [0.4, 0.5) is 24.5 Å². The molecule has 1 amide bonds. The summed E-state index contributed by atoms with van der Waals surface area (Å²) in [7, 11) is -2.93. The molecule has 3 aromatic carbocycles. The Morgan fingerprint density at radius 1 is 0.881 bits per heavy atom. The van der Waals surface area contributed by atoms with Gasteiger partial charge in [-0.15, -0.1) is 0 Å². The molecule has 0 N–H and O–H groups in total. The number of carbonyl (C=O) groups is 1. The summed E-state index contributed by atoms with van der Waals surface area (Å²) in [5.74, 6) is -0.438. The molecule has 42 heavy (non-hydrogen) atoms. The van der Waals surface area contributed by atoms with Crippen molar-refractivity contribution in [2.45, 2.75) is 22.4 Å². The first-order chi connectivity index (χ1) is 19.6. The molecule has 1 heterocycles. The van der Waals surface area contributed by atoms with E-state index in [-0.39, 0.29) is 33.5 Å². The fourth-order valence-electron chi connectivity index (χ4n) is 4.47. The fourth-order valence-corrected chi connectivity index (χ4v) is 6.85. The normalized spacial score (nSPS) is 13.7. The van der Waals surface area contributed by atoms with Crippen molar-refractivity contribution >= 4 is 37.3 Å². The number of carbonyl (C=O) groups excluding carboxylic acids is 1. The lowest BCUT2D eigenvalue weighted by Gasteiger charge is -2.27. The van der Waals surface area contributed by atoms with Gasteiger partial charge in [-0.3, -0.25) is 9.10 Å². The molecule has 0 saturated heterocycles. The topological polar surface area (TPSA) is 114 Å². The number of benzene rings is 3. The minimum absolute atomic E-state index is 0.0298. The number of nitrogens with zero attached hydrogens (tertiary/aromatic N) is 3. The largest absolute Gasteiger partial charge is 0.493 e. The summed E-state index contributed by atoms with van der Waals surface area (Å²) in [6.45, 7) is -0.721. The minimum Gasteiger partial charge on any atom is -0.493 e.